The fourth-order valence-electron chi connectivity index (χ4n) is 2.38. The number of nitrogens with two attached hydrogens (primary N) is 2. The number of carbonyl (C=O) groups is 2. The summed E-state index contributed by atoms with van der Waals surface area (Å²) in [6.07, 6.45) is 1.80. The zero-order valence-electron chi connectivity index (χ0n) is 14.5. The van der Waals surface area contributed by atoms with Gasteiger partial charge in [-0.3, -0.25) is 9.59 Å². The van der Waals surface area contributed by atoms with Crippen LogP contribution >= 0.6 is 12.4 Å². The van der Waals surface area contributed by atoms with Crippen LogP contribution in [0.5, 0.6) is 0 Å². The Kier molecular flexibility index (Phi) is 8.59. The highest BCUT2D eigenvalue weighted by atomic mass is 35.5. The minimum absolute atomic E-state index is 0. The molecule has 1 aromatic rings. The Labute approximate surface area is 153 Å². The van der Waals surface area contributed by atoms with Crippen LogP contribution in [0.1, 0.15) is 37.7 Å². The monoisotopic (exact) mass is 395 g/mol. The number of hydrogen-bond acceptors (Lipinski definition) is 5. The molecule has 0 saturated carbocycles. The lowest BCUT2D eigenvalue weighted by atomic mass is 9.91. The first kappa shape index (κ1) is 23.4. The summed E-state index contributed by atoms with van der Waals surface area (Å²) in [6, 6.07) is 1.10. The molecule has 9 nitrogen and oxygen atoms in total. The Morgan fingerprint density at radius 3 is 2.40 bits per heavy atom. The Morgan fingerprint density at radius 2 is 1.96 bits per heavy atom. The summed E-state index contributed by atoms with van der Waals surface area (Å²) >= 11 is 0. The van der Waals surface area contributed by atoms with E-state index in [0.29, 0.717) is 12.3 Å². The minimum atomic E-state index is -3.93. The standard InChI is InChI=1S/C14H25N5O4S.ClH/c1-9(2)5-14(3,8-15)19-12(20)7-18-24(22,23)10-4-11(13(16)21)17-6-10;/h4,6,9,17-18H,5,7-8,15H2,1-3H3,(H2,16,21)(H,19,20);1H. The lowest BCUT2D eigenvalue weighted by Crippen LogP contribution is -2.54. The van der Waals surface area contributed by atoms with Crippen LogP contribution in [0.3, 0.4) is 0 Å². The molecule has 0 spiro atoms. The van der Waals surface area contributed by atoms with E-state index in [9.17, 15) is 18.0 Å². The van der Waals surface area contributed by atoms with E-state index in [2.05, 4.69) is 15.0 Å². The van der Waals surface area contributed by atoms with Crippen molar-refractivity contribution in [2.75, 3.05) is 13.1 Å². The Balaban J connectivity index is 0.00000576. The number of sulfonamides is 1. The summed E-state index contributed by atoms with van der Waals surface area (Å²) in [6.45, 7) is 5.62. The maximum absolute atomic E-state index is 12.1. The molecule has 25 heavy (non-hydrogen) atoms. The van der Waals surface area contributed by atoms with Crippen LogP contribution < -0.4 is 21.5 Å². The lowest BCUT2D eigenvalue weighted by molar-refractivity contribution is -0.121. The summed E-state index contributed by atoms with van der Waals surface area (Å²) in [5, 5.41) is 2.75. The van der Waals surface area contributed by atoms with Crippen LogP contribution in [0.15, 0.2) is 17.2 Å². The number of hydrogen-bond donors (Lipinski definition) is 5. The second-order valence-corrected chi connectivity index (χ2v) is 8.12. The van der Waals surface area contributed by atoms with Crippen molar-refractivity contribution in [2.24, 2.45) is 17.4 Å². The lowest BCUT2D eigenvalue weighted by Gasteiger charge is -2.31. The molecule has 7 N–H and O–H groups in total. The quantitative estimate of drug-likeness (QED) is 0.387. The van der Waals surface area contributed by atoms with Gasteiger partial charge in [0.05, 0.1) is 6.54 Å². The maximum atomic E-state index is 12.1. The van der Waals surface area contributed by atoms with Crippen LogP contribution in [0.4, 0.5) is 0 Å². The molecule has 11 heteroatoms. The third-order valence-corrected chi connectivity index (χ3v) is 4.79. The number of rotatable bonds is 9. The Morgan fingerprint density at radius 1 is 1.36 bits per heavy atom. The third kappa shape index (κ3) is 7.02. The average Bonchev–Trinajstić information content (AvgIpc) is 2.95. The molecule has 0 aliphatic heterocycles. The van der Waals surface area contributed by atoms with Crippen LogP contribution in [0.2, 0.25) is 0 Å². The molecule has 1 atom stereocenters. The molecule has 0 radical (unpaired) electrons. The molecule has 1 aromatic heterocycles. The van der Waals surface area contributed by atoms with E-state index in [1.165, 1.54) is 0 Å². The molecule has 0 aliphatic rings. The van der Waals surface area contributed by atoms with Gasteiger partial charge >= 0.3 is 0 Å². The normalized spacial score (nSPS) is 13.8. The molecule has 0 bridgehead atoms. The number of amides is 2. The SMILES string of the molecule is CC(C)CC(C)(CN)NC(=O)CNS(=O)(=O)c1c[nH]c(C(N)=O)c1.Cl. The van der Waals surface area contributed by atoms with Crippen LogP contribution in [-0.4, -0.2) is 43.8 Å². The number of halogens is 1. The molecule has 0 fully saturated rings. The van der Waals surface area contributed by atoms with Gasteiger partial charge < -0.3 is 21.8 Å². The molecule has 1 unspecified atom stereocenters. The number of aromatic nitrogens is 1. The first-order chi connectivity index (χ1) is 11.0. The molecule has 1 rings (SSSR count). The van der Waals surface area contributed by atoms with Gasteiger partial charge in [-0.2, -0.15) is 0 Å². The van der Waals surface area contributed by atoms with Gasteiger partial charge in [0.2, 0.25) is 15.9 Å². The molecular weight excluding hydrogens is 370 g/mol. The van der Waals surface area contributed by atoms with E-state index in [1.807, 2.05) is 20.8 Å². The van der Waals surface area contributed by atoms with Crippen molar-refractivity contribution in [1.82, 2.24) is 15.0 Å². The number of nitrogens with one attached hydrogen (secondary N) is 3. The van der Waals surface area contributed by atoms with Gasteiger partial charge in [-0.1, -0.05) is 13.8 Å². The Bertz CT molecular complexity index is 704. The van der Waals surface area contributed by atoms with Crippen molar-refractivity contribution < 1.29 is 18.0 Å². The summed E-state index contributed by atoms with van der Waals surface area (Å²) < 4.78 is 26.4. The number of primary amides is 1. The van der Waals surface area contributed by atoms with Crippen molar-refractivity contribution in [3.63, 3.8) is 0 Å². The van der Waals surface area contributed by atoms with E-state index in [-0.39, 0.29) is 29.5 Å². The van der Waals surface area contributed by atoms with Crippen LogP contribution in [-0.2, 0) is 14.8 Å². The smallest absolute Gasteiger partial charge is 0.265 e. The number of aromatic amines is 1. The summed E-state index contributed by atoms with van der Waals surface area (Å²) in [7, 11) is -3.93. The fraction of sp³-hybridized carbons (Fsp3) is 0.571. The molecule has 1 heterocycles. The van der Waals surface area contributed by atoms with Gasteiger partial charge in [-0.05, 0) is 25.3 Å². The van der Waals surface area contributed by atoms with Crippen LogP contribution in [0.25, 0.3) is 0 Å². The van der Waals surface area contributed by atoms with Crippen molar-refractivity contribution >= 4 is 34.2 Å². The first-order valence-electron chi connectivity index (χ1n) is 7.48. The van der Waals surface area contributed by atoms with E-state index in [1.54, 1.807) is 0 Å². The van der Waals surface area contributed by atoms with Gasteiger partial charge in [0, 0.05) is 18.3 Å². The highest BCUT2D eigenvalue weighted by Gasteiger charge is 2.26. The highest BCUT2D eigenvalue weighted by Crippen LogP contribution is 2.15. The second-order valence-electron chi connectivity index (χ2n) is 6.35. The largest absolute Gasteiger partial charge is 0.364 e. The molecule has 0 aliphatic carbocycles. The van der Waals surface area contributed by atoms with Gasteiger partial charge in [0.15, 0.2) is 0 Å². The van der Waals surface area contributed by atoms with Gasteiger partial charge in [-0.15, -0.1) is 12.4 Å². The third-order valence-electron chi connectivity index (χ3n) is 3.41. The fourth-order valence-corrected chi connectivity index (χ4v) is 3.36. The van der Waals surface area contributed by atoms with Crippen molar-refractivity contribution in [3.05, 3.63) is 18.0 Å². The predicted octanol–water partition coefficient (Wildman–Crippen LogP) is -0.307. The first-order valence-corrected chi connectivity index (χ1v) is 8.96. The molecule has 2 amide bonds. The van der Waals surface area contributed by atoms with Crippen molar-refractivity contribution in [2.45, 2.75) is 37.6 Å². The summed E-state index contributed by atoms with van der Waals surface area (Å²) in [5.74, 6) is -0.943. The minimum Gasteiger partial charge on any atom is -0.364 e. The predicted molar refractivity (Wildman–Crippen MR) is 96.8 cm³/mol. The van der Waals surface area contributed by atoms with Crippen molar-refractivity contribution in [3.8, 4) is 0 Å². The highest BCUT2D eigenvalue weighted by molar-refractivity contribution is 7.89. The zero-order chi connectivity index (χ0) is 18.5. The maximum Gasteiger partial charge on any atom is 0.265 e. The van der Waals surface area contributed by atoms with Crippen molar-refractivity contribution in [1.29, 1.82) is 0 Å². The topological polar surface area (TPSA) is 160 Å². The molecule has 144 valence electrons. The van der Waals surface area contributed by atoms with Gasteiger partial charge in [0.25, 0.3) is 5.91 Å². The van der Waals surface area contributed by atoms with E-state index >= 15 is 0 Å². The van der Waals surface area contributed by atoms with E-state index in [4.69, 9.17) is 11.5 Å². The average molecular weight is 396 g/mol. The summed E-state index contributed by atoms with van der Waals surface area (Å²) in [5.41, 5.74) is 10.1. The second kappa shape index (κ2) is 9.18. The number of H-pyrrole nitrogens is 1. The van der Waals surface area contributed by atoms with Crippen LogP contribution in [0, 0.1) is 5.92 Å². The van der Waals surface area contributed by atoms with E-state index in [0.717, 1.165) is 12.3 Å². The molecule has 0 aromatic carbocycles. The zero-order valence-corrected chi connectivity index (χ0v) is 16.1. The molecular formula is C14H26ClN5O4S. The Hall–Kier alpha value is -1.62. The van der Waals surface area contributed by atoms with Gasteiger partial charge in [0.1, 0.15) is 10.6 Å². The molecule has 0 saturated heterocycles. The van der Waals surface area contributed by atoms with E-state index < -0.39 is 33.9 Å². The summed E-state index contributed by atoms with van der Waals surface area (Å²) in [4.78, 5) is 25.3. The van der Waals surface area contributed by atoms with Gasteiger partial charge in [-0.25, -0.2) is 13.1 Å². The number of carbonyl (C=O) groups excluding carboxylic acids is 2.